The molecule has 0 unspecified atom stereocenters. The fraction of sp³-hybridized carbons (Fsp3) is 0.185. The van der Waals surface area contributed by atoms with E-state index in [-0.39, 0.29) is 23.2 Å². The van der Waals surface area contributed by atoms with Gasteiger partial charge in [0, 0.05) is 49.4 Å². The predicted molar refractivity (Wildman–Crippen MR) is 137 cm³/mol. The van der Waals surface area contributed by atoms with E-state index in [0.717, 1.165) is 5.56 Å². The van der Waals surface area contributed by atoms with Gasteiger partial charge in [0.1, 0.15) is 5.82 Å². The lowest BCUT2D eigenvalue weighted by Gasteiger charge is -2.35. The highest BCUT2D eigenvalue weighted by atomic mass is 19.1. The van der Waals surface area contributed by atoms with E-state index in [1.165, 1.54) is 30.3 Å². The van der Waals surface area contributed by atoms with E-state index in [4.69, 9.17) is 5.21 Å². The molecule has 1 saturated heterocycles. The van der Waals surface area contributed by atoms with Crippen molar-refractivity contribution < 1.29 is 24.0 Å². The maximum Gasteiger partial charge on any atom is 0.274 e. The number of amides is 3. The van der Waals surface area contributed by atoms with Crippen molar-refractivity contribution in [2.45, 2.75) is 6.54 Å². The largest absolute Gasteiger partial charge is 0.364 e. The molecule has 0 saturated carbocycles. The maximum absolute atomic E-state index is 14.1. The lowest BCUT2D eigenvalue weighted by molar-refractivity contribution is 0.0535. The number of anilines is 1. The Bertz CT molecular complexity index is 1480. The number of hydrogen-bond acceptors (Lipinski definition) is 6. The number of nitrogens with one attached hydrogen (secondary N) is 3. The van der Waals surface area contributed by atoms with Crippen LogP contribution in [0.4, 0.5) is 10.2 Å². The van der Waals surface area contributed by atoms with Crippen LogP contribution in [-0.4, -0.2) is 69.1 Å². The molecule has 3 aromatic carbocycles. The Labute approximate surface area is 217 Å². The number of benzene rings is 3. The zero-order chi connectivity index (χ0) is 26.6. The zero-order valence-corrected chi connectivity index (χ0v) is 20.3. The van der Waals surface area contributed by atoms with Gasteiger partial charge in [0.05, 0.1) is 10.9 Å². The molecule has 1 fully saturated rings. The number of fused-ring (bicyclic) bond motifs is 1. The number of hydrogen-bond donors (Lipinski definition) is 4. The number of H-pyrrole nitrogens is 1. The Morgan fingerprint density at radius 3 is 1.97 bits per heavy atom. The lowest BCUT2D eigenvalue weighted by atomic mass is 10.1. The molecular weight excluding hydrogens is 491 g/mol. The summed E-state index contributed by atoms with van der Waals surface area (Å²) in [6.07, 6.45) is 0. The maximum atomic E-state index is 14.1. The van der Waals surface area contributed by atoms with E-state index >= 15 is 0 Å². The normalized spacial score (nSPS) is 13.4. The summed E-state index contributed by atoms with van der Waals surface area (Å²) in [5, 5.41) is 19.2. The van der Waals surface area contributed by atoms with Crippen molar-refractivity contribution in [1.29, 1.82) is 0 Å². The fourth-order valence-corrected chi connectivity index (χ4v) is 4.42. The van der Waals surface area contributed by atoms with E-state index in [1.54, 1.807) is 39.5 Å². The van der Waals surface area contributed by atoms with Crippen LogP contribution in [-0.2, 0) is 6.54 Å². The highest BCUT2D eigenvalue weighted by molar-refractivity contribution is 5.98. The van der Waals surface area contributed by atoms with Crippen LogP contribution in [0, 0.1) is 5.82 Å². The minimum atomic E-state index is -0.651. The Balaban J connectivity index is 1.14. The molecule has 4 aromatic rings. The molecule has 0 aliphatic carbocycles. The third-order valence-corrected chi connectivity index (χ3v) is 6.55. The molecule has 194 valence electrons. The molecule has 0 spiro atoms. The summed E-state index contributed by atoms with van der Waals surface area (Å²) >= 11 is 0. The summed E-state index contributed by atoms with van der Waals surface area (Å²) < 4.78 is 14.1. The van der Waals surface area contributed by atoms with Crippen LogP contribution >= 0.6 is 0 Å². The molecule has 3 amide bonds. The molecule has 2 heterocycles. The average Bonchev–Trinajstić information content (AvgIpc) is 3.40. The summed E-state index contributed by atoms with van der Waals surface area (Å²) in [6, 6.07) is 17.9. The van der Waals surface area contributed by atoms with Crippen molar-refractivity contribution >= 4 is 34.4 Å². The minimum Gasteiger partial charge on any atom is -0.364 e. The van der Waals surface area contributed by atoms with Crippen LogP contribution < -0.4 is 10.8 Å². The lowest BCUT2D eigenvalue weighted by Crippen LogP contribution is -2.50. The zero-order valence-electron chi connectivity index (χ0n) is 20.3. The summed E-state index contributed by atoms with van der Waals surface area (Å²) in [5.41, 5.74) is 4.28. The number of nitrogens with zero attached hydrogens (tertiary/aromatic N) is 3. The third-order valence-electron chi connectivity index (χ3n) is 6.55. The van der Waals surface area contributed by atoms with Gasteiger partial charge in [-0.25, -0.2) is 9.87 Å². The molecule has 11 heteroatoms. The molecule has 10 nitrogen and oxygen atoms in total. The third kappa shape index (κ3) is 5.04. The topological polar surface area (TPSA) is 131 Å². The SMILES string of the molecule is O=C(NO)c1ccc(C(=O)N2CCN(C(=O)c3ccc(CNc4n[nH]c5cccc(F)c45)cc3)CC2)cc1. The van der Waals surface area contributed by atoms with Crippen LogP contribution in [0.25, 0.3) is 10.9 Å². The Hall–Kier alpha value is -4.77. The Kier molecular flexibility index (Phi) is 7.00. The molecule has 1 aromatic heterocycles. The molecule has 0 radical (unpaired) electrons. The molecule has 4 N–H and O–H groups in total. The first-order valence-electron chi connectivity index (χ1n) is 12.0. The molecule has 0 bridgehead atoms. The summed E-state index contributed by atoms with van der Waals surface area (Å²) in [4.78, 5) is 40.7. The van der Waals surface area contributed by atoms with E-state index < -0.39 is 5.91 Å². The first-order valence-corrected chi connectivity index (χ1v) is 12.0. The second-order valence-electron chi connectivity index (χ2n) is 8.89. The second-order valence-corrected chi connectivity index (χ2v) is 8.89. The summed E-state index contributed by atoms with van der Waals surface area (Å²) in [5.74, 6) is -0.878. The van der Waals surface area contributed by atoms with Crippen molar-refractivity contribution in [3.63, 3.8) is 0 Å². The van der Waals surface area contributed by atoms with Crippen molar-refractivity contribution in [2.75, 3.05) is 31.5 Å². The number of carbonyl (C=O) groups is 3. The van der Waals surface area contributed by atoms with Crippen LogP contribution in [0.3, 0.4) is 0 Å². The Morgan fingerprint density at radius 1 is 0.842 bits per heavy atom. The first kappa shape index (κ1) is 24.9. The number of aromatic amines is 1. The van der Waals surface area contributed by atoms with Crippen LogP contribution in [0.1, 0.15) is 36.6 Å². The Morgan fingerprint density at radius 2 is 1.39 bits per heavy atom. The van der Waals surface area contributed by atoms with Crippen molar-refractivity contribution in [3.05, 3.63) is 94.8 Å². The van der Waals surface area contributed by atoms with Crippen molar-refractivity contribution in [3.8, 4) is 0 Å². The number of hydroxylamine groups is 1. The van der Waals surface area contributed by atoms with Crippen LogP contribution in [0.15, 0.2) is 66.7 Å². The van der Waals surface area contributed by atoms with Crippen LogP contribution in [0.5, 0.6) is 0 Å². The van der Waals surface area contributed by atoms with Gasteiger partial charge in [-0.05, 0) is 54.1 Å². The van der Waals surface area contributed by atoms with Gasteiger partial charge >= 0.3 is 0 Å². The van der Waals surface area contributed by atoms with Gasteiger partial charge < -0.3 is 15.1 Å². The number of halogens is 1. The predicted octanol–water partition coefficient (Wildman–Crippen LogP) is 3.03. The van der Waals surface area contributed by atoms with Crippen LogP contribution in [0.2, 0.25) is 0 Å². The van der Waals surface area contributed by atoms with E-state index in [1.807, 2.05) is 12.1 Å². The molecule has 0 atom stereocenters. The molecule has 1 aliphatic rings. The van der Waals surface area contributed by atoms with Gasteiger partial charge in [0.15, 0.2) is 5.82 Å². The molecule has 1 aliphatic heterocycles. The average molecular weight is 517 g/mol. The summed E-state index contributed by atoms with van der Waals surface area (Å²) in [7, 11) is 0. The monoisotopic (exact) mass is 516 g/mol. The molecule has 38 heavy (non-hydrogen) atoms. The van der Waals surface area contributed by atoms with Gasteiger partial charge in [-0.1, -0.05) is 18.2 Å². The van der Waals surface area contributed by atoms with E-state index in [2.05, 4.69) is 15.5 Å². The van der Waals surface area contributed by atoms with Gasteiger partial charge in [0.25, 0.3) is 17.7 Å². The van der Waals surface area contributed by atoms with Gasteiger partial charge in [-0.15, -0.1) is 0 Å². The minimum absolute atomic E-state index is 0.114. The summed E-state index contributed by atoms with van der Waals surface area (Å²) in [6.45, 7) is 1.99. The first-order chi connectivity index (χ1) is 18.4. The van der Waals surface area contributed by atoms with E-state index in [0.29, 0.717) is 60.6 Å². The smallest absolute Gasteiger partial charge is 0.274 e. The number of aromatic nitrogens is 2. The quantitative estimate of drug-likeness (QED) is 0.230. The van der Waals surface area contributed by atoms with Gasteiger partial charge in [0.2, 0.25) is 0 Å². The highest BCUT2D eigenvalue weighted by Gasteiger charge is 2.25. The number of piperazine rings is 1. The van der Waals surface area contributed by atoms with Gasteiger partial charge in [-0.3, -0.25) is 24.7 Å². The van der Waals surface area contributed by atoms with Gasteiger partial charge in [-0.2, -0.15) is 5.10 Å². The molecule has 5 rings (SSSR count). The molecular formula is C27H25FN6O4. The standard InChI is InChI=1S/C27H25FN6O4/c28-21-2-1-3-22-23(21)24(31-30-22)29-16-17-4-6-19(7-5-17)26(36)33-12-14-34(15-13-33)27(37)20-10-8-18(9-11-20)25(35)32-38/h1-11,38H,12-16H2,(H,32,35)(H2,29,30,31). The van der Waals surface area contributed by atoms with Crippen molar-refractivity contribution in [2.24, 2.45) is 0 Å². The number of rotatable bonds is 6. The fourth-order valence-electron chi connectivity index (χ4n) is 4.42. The number of carbonyl (C=O) groups excluding carboxylic acids is 3. The second kappa shape index (κ2) is 10.7. The highest BCUT2D eigenvalue weighted by Crippen LogP contribution is 2.24. The van der Waals surface area contributed by atoms with Crippen molar-refractivity contribution in [1.82, 2.24) is 25.5 Å². The van der Waals surface area contributed by atoms with E-state index in [9.17, 15) is 18.8 Å².